The third-order valence-electron chi connectivity index (χ3n) is 3.25. The van der Waals surface area contributed by atoms with Gasteiger partial charge in [-0.1, -0.05) is 13.8 Å². The predicted molar refractivity (Wildman–Crippen MR) is 91.2 cm³/mol. The summed E-state index contributed by atoms with van der Waals surface area (Å²) in [6.07, 6.45) is -0.757. The number of hydrogen-bond acceptors (Lipinski definition) is 4. The van der Waals surface area contributed by atoms with Gasteiger partial charge in [0.1, 0.15) is 10.8 Å². The van der Waals surface area contributed by atoms with Gasteiger partial charge in [0.05, 0.1) is 13.1 Å². The molecule has 2 heterocycles. The monoisotopic (exact) mass is 374 g/mol. The third-order valence-corrected chi connectivity index (χ3v) is 4.10. The molecule has 0 atom stereocenters. The van der Waals surface area contributed by atoms with E-state index in [1.807, 2.05) is 6.20 Å². The second-order valence-corrected chi connectivity index (χ2v) is 6.74. The molecule has 0 aliphatic carbocycles. The maximum absolute atomic E-state index is 12.6. The van der Waals surface area contributed by atoms with Gasteiger partial charge in [-0.2, -0.15) is 13.2 Å². The Morgan fingerprint density at radius 3 is 2.64 bits per heavy atom. The molecule has 0 saturated heterocycles. The van der Waals surface area contributed by atoms with Crippen molar-refractivity contribution in [3.8, 4) is 0 Å². The van der Waals surface area contributed by atoms with Crippen molar-refractivity contribution in [2.75, 3.05) is 7.05 Å². The van der Waals surface area contributed by atoms with E-state index >= 15 is 0 Å². The molecule has 0 bridgehead atoms. The molecule has 2 aromatic rings. The second kappa shape index (κ2) is 8.32. The maximum Gasteiger partial charge on any atom is 0.434 e. The Kier molecular flexibility index (Phi) is 6.40. The molecule has 0 fully saturated rings. The maximum atomic E-state index is 12.6. The van der Waals surface area contributed by atoms with E-state index in [0.717, 1.165) is 29.1 Å². The summed E-state index contributed by atoms with van der Waals surface area (Å²) in [7, 11) is 1.60. The van der Waals surface area contributed by atoms with E-state index in [2.05, 4.69) is 44.0 Å². The van der Waals surface area contributed by atoms with Gasteiger partial charge < -0.3 is 15.2 Å². The highest BCUT2D eigenvalue weighted by molar-refractivity contribution is 7.09. The summed E-state index contributed by atoms with van der Waals surface area (Å²) in [6, 6.07) is 0. The predicted octanol–water partition coefficient (Wildman–Crippen LogP) is 2.88. The second-order valence-electron chi connectivity index (χ2n) is 5.79. The average Bonchev–Trinajstić information content (AvgIpc) is 3.16. The van der Waals surface area contributed by atoms with E-state index in [0.29, 0.717) is 23.4 Å². The molecule has 138 valence electrons. The SMILES string of the molecule is CN=C(NCc1nc(C(F)(F)F)cs1)NCc1nccn1CC(C)C. The van der Waals surface area contributed by atoms with Crippen LogP contribution in [0.5, 0.6) is 0 Å². The molecule has 2 rings (SSSR count). The molecule has 10 heteroatoms. The fourth-order valence-corrected chi connectivity index (χ4v) is 2.87. The van der Waals surface area contributed by atoms with Gasteiger partial charge >= 0.3 is 6.18 Å². The smallest absolute Gasteiger partial charge is 0.350 e. The lowest BCUT2D eigenvalue weighted by molar-refractivity contribution is -0.140. The number of alkyl halides is 3. The standard InChI is InChI=1S/C15H21F3N6S/c1-10(2)8-24-5-4-20-12(24)6-21-14(19-3)22-7-13-23-11(9-25-13)15(16,17)18/h4-5,9-10H,6-8H2,1-3H3,(H2,19,21,22). The molecule has 2 N–H and O–H groups in total. The average molecular weight is 374 g/mol. The molecule has 0 spiro atoms. The van der Waals surface area contributed by atoms with Crippen LogP contribution in [0, 0.1) is 5.92 Å². The molecule has 25 heavy (non-hydrogen) atoms. The zero-order valence-corrected chi connectivity index (χ0v) is 15.1. The molecule has 0 aliphatic heterocycles. The fourth-order valence-electron chi connectivity index (χ4n) is 2.13. The largest absolute Gasteiger partial charge is 0.434 e. The lowest BCUT2D eigenvalue weighted by Gasteiger charge is -2.13. The van der Waals surface area contributed by atoms with Crippen molar-refractivity contribution >= 4 is 17.3 Å². The number of nitrogens with zero attached hydrogens (tertiary/aromatic N) is 4. The molecule has 2 aromatic heterocycles. The minimum atomic E-state index is -4.41. The normalized spacial score (nSPS) is 12.7. The first-order chi connectivity index (χ1) is 11.8. The van der Waals surface area contributed by atoms with Crippen LogP contribution in [-0.2, 0) is 25.8 Å². The number of aromatic nitrogens is 3. The summed E-state index contributed by atoms with van der Waals surface area (Å²) in [4.78, 5) is 11.9. The van der Waals surface area contributed by atoms with Gasteiger partial charge in [-0.15, -0.1) is 11.3 Å². The number of aliphatic imine (C=N–C) groups is 1. The Hall–Kier alpha value is -2.10. The number of thiazole rings is 1. The minimum Gasteiger partial charge on any atom is -0.350 e. The summed E-state index contributed by atoms with van der Waals surface area (Å²) in [5.41, 5.74) is -0.868. The summed E-state index contributed by atoms with van der Waals surface area (Å²) < 4.78 is 39.7. The Balaban J connectivity index is 1.87. The zero-order chi connectivity index (χ0) is 18.4. The van der Waals surface area contributed by atoms with Crippen molar-refractivity contribution in [3.63, 3.8) is 0 Å². The van der Waals surface area contributed by atoms with E-state index in [1.165, 1.54) is 0 Å². The van der Waals surface area contributed by atoms with Crippen molar-refractivity contribution in [1.29, 1.82) is 0 Å². The van der Waals surface area contributed by atoms with Gasteiger partial charge in [0.15, 0.2) is 11.7 Å². The van der Waals surface area contributed by atoms with Crippen molar-refractivity contribution in [3.05, 3.63) is 34.3 Å². The molecular formula is C15H21F3N6S. The van der Waals surface area contributed by atoms with Crippen LogP contribution >= 0.6 is 11.3 Å². The molecule has 6 nitrogen and oxygen atoms in total. The van der Waals surface area contributed by atoms with Crippen LogP contribution in [0.1, 0.15) is 30.4 Å². The van der Waals surface area contributed by atoms with Gasteiger partial charge in [0.2, 0.25) is 0 Å². The van der Waals surface area contributed by atoms with E-state index in [4.69, 9.17) is 0 Å². The van der Waals surface area contributed by atoms with Crippen LogP contribution in [0.4, 0.5) is 13.2 Å². The zero-order valence-electron chi connectivity index (χ0n) is 14.3. The van der Waals surface area contributed by atoms with Crippen LogP contribution in [0.2, 0.25) is 0 Å². The van der Waals surface area contributed by atoms with E-state index < -0.39 is 11.9 Å². The first-order valence-electron chi connectivity index (χ1n) is 7.75. The Bertz CT molecular complexity index is 704. The highest BCUT2D eigenvalue weighted by atomic mass is 32.1. The van der Waals surface area contributed by atoms with E-state index in [1.54, 1.807) is 13.2 Å². The quantitative estimate of drug-likeness (QED) is 0.603. The Morgan fingerprint density at radius 1 is 1.32 bits per heavy atom. The van der Waals surface area contributed by atoms with Gasteiger partial charge in [-0.05, 0) is 5.92 Å². The number of hydrogen-bond donors (Lipinski definition) is 2. The summed E-state index contributed by atoms with van der Waals surface area (Å²) >= 11 is 0.961. The molecule has 0 amide bonds. The summed E-state index contributed by atoms with van der Waals surface area (Å²) in [5.74, 6) is 1.84. The third kappa shape index (κ3) is 5.73. The van der Waals surface area contributed by atoms with Crippen molar-refractivity contribution in [2.45, 2.75) is 39.7 Å². The number of imidazole rings is 1. The number of guanidine groups is 1. The first kappa shape index (κ1) is 19.2. The van der Waals surface area contributed by atoms with Gasteiger partial charge in [-0.3, -0.25) is 4.99 Å². The molecule has 0 radical (unpaired) electrons. The van der Waals surface area contributed by atoms with Crippen molar-refractivity contribution in [1.82, 2.24) is 25.2 Å². The van der Waals surface area contributed by atoms with Crippen LogP contribution in [-0.4, -0.2) is 27.5 Å². The molecule has 0 aromatic carbocycles. The first-order valence-corrected chi connectivity index (χ1v) is 8.63. The van der Waals surface area contributed by atoms with E-state index in [9.17, 15) is 13.2 Å². The van der Waals surface area contributed by atoms with E-state index in [-0.39, 0.29) is 6.54 Å². The number of halogens is 3. The molecule has 0 saturated carbocycles. The minimum absolute atomic E-state index is 0.168. The molecule has 0 aliphatic rings. The highest BCUT2D eigenvalue weighted by Gasteiger charge is 2.33. The van der Waals surface area contributed by atoms with Gasteiger partial charge in [0, 0.05) is 31.4 Å². The number of nitrogens with one attached hydrogen (secondary N) is 2. The van der Waals surface area contributed by atoms with Gasteiger partial charge in [0.25, 0.3) is 0 Å². The van der Waals surface area contributed by atoms with Crippen LogP contribution in [0.3, 0.4) is 0 Å². The summed E-state index contributed by atoms with van der Waals surface area (Å²) in [5, 5.41) is 7.41. The van der Waals surface area contributed by atoms with Crippen LogP contribution in [0.15, 0.2) is 22.8 Å². The lowest BCUT2D eigenvalue weighted by atomic mass is 10.2. The highest BCUT2D eigenvalue weighted by Crippen LogP contribution is 2.29. The van der Waals surface area contributed by atoms with Crippen LogP contribution < -0.4 is 10.6 Å². The van der Waals surface area contributed by atoms with Crippen molar-refractivity contribution < 1.29 is 13.2 Å². The fraction of sp³-hybridized carbons (Fsp3) is 0.533. The Morgan fingerprint density at radius 2 is 2.04 bits per heavy atom. The molecular weight excluding hydrogens is 353 g/mol. The topological polar surface area (TPSA) is 67.1 Å². The lowest BCUT2D eigenvalue weighted by Crippen LogP contribution is -2.37. The Labute approximate surface area is 148 Å². The molecule has 0 unspecified atom stereocenters. The van der Waals surface area contributed by atoms with Crippen LogP contribution in [0.25, 0.3) is 0 Å². The van der Waals surface area contributed by atoms with Gasteiger partial charge in [-0.25, -0.2) is 9.97 Å². The summed E-state index contributed by atoms with van der Waals surface area (Å²) in [6.45, 7) is 5.75. The van der Waals surface area contributed by atoms with Crippen molar-refractivity contribution in [2.24, 2.45) is 10.9 Å². The number of rotatable bonds is 6.